The predicted octanol–water partition coefficient (Wildman–Crippen LogP) is 5.73. The van der Waals surface area contributed by atoms with E-state index in [-0.39, 0.29) is 5.78 Å². The maximum absolute atomic E-state index is 12.3. The second-order valence-corrected chi connectivity index (χ2v) is 5.87. The molecule has 0 aliphatic heterocycles. The molecule has 0 amide bonds. The zero-order valence-electron chi connectivity index (χ0n) is 13.5. The molecule has 0 atom stereocenters. The number of unbranched alkanes of at least 4 members (excludes halogenated alkanes) is 2. The van der Waals surface area contributed by atoms with Crippen molar-refractivity contribution in [3.05, 3.63) is 47.0 Å². The van der Waals surface area contributed by atoms with E-state index >= 15 is 0 Å². The molecule has 0 radical (unpaired) electrons. The van der Waals surface area contributed by atoms with E-state index in [1.807, 2.05) is 0 Å². The fourth-order valence-corrected chi connectivity index (χ4v) is 3.10. The topological polar surface area (TPSA) is 17.1 Å². The molecule has 0 aliphatic carbocycles. The first-order chi connectivity index (χ1) is 10.2. The minimum absolute atomic E-state index is 0.220. The molecule has 2 rings (SSSR count). The quantitative estimate of drug-likeness (QED) is 0.593. The van der Waals surface area contributed by atoms with Gasteiger partial charge in [-0.05, 0) is 54.5 Å². The Morgan fingerprint density at radius 3 is 2.33 bits per heavy atom. The number of carbonyl (C=O) groups is 1. The summed E-state index contributed by atoms with van der Waals surface area (Å²) < 4.78 is 0. The normalized spacial score (nSPS) is 11.0. The molecule has 2 aromatic rings. The van der Waals surface area contributed by atoms with Crippen LogP contribution in [0.15, 0.2) is 30.3 Å². The largest absolute Gasteiger partial charge is 0.294 e. The lowest BCUT2D eigenvalue weighted by atomic mass is 9.87. The summed E-state index contributed by atoms with van der Waals surface area (Å²) in [6.45, 7) is 6.12. The molecule has 0 saturated carbocycles. The lowest BCUT2D eigenvalue weighted by Crippen LogP contribution is -2.07. The molecule has 0 aromatic heterocycles. The third-order valence-electron chi connectivity index (χ3n) is 4.17. The smallest absolute Gasteiger partial charge is 0.160 e. The van der Waals surface area contributed by atoms with Gasteiger partial charge in [-0.3, -0.25) is 4.79 Å². The summed E-state index contributed by atoms with van der Waals surface area (Å²) in [7, 11) is 0. The molecule has 1 nitrogen and oxygen atoms in total. The number of hydrogen-bond acceptors (Lipinski definition) is 1. The molecule has 1 heteroatoms. The van der Waals surface area contributed by atoms with Gasteiger partial charge in [-0.1, -0.05) is 57.0 Å². The average Bonchev–Trinajstić information content (AvgIpc) is 2.49. The Bertz CT molecular complexity index is 625. The fourth-order valence-electron chi connectivity index (χ4n) is 3.10. The maximum atomic E-state index is 12.3. The number of hydrogen-bond donors (Lipinski definition) is 0. The summed E-state index contributed by atoms with van der Waals surface area (Å²) in [4.78, 5) is 12.3. The van der Waals surface area contributed by atoms with Gasteiger partial charge in [-0.15, -0.1) is 0 Å². The highest BCUT2D eigenvalue weighted by atomic mass is 16.1. The van der Waals surface area contributed by atoms with Crippen molar-refractivity contribution < 1.29 is 4.79 Å². The van der Waals surface area contributed by atoms with Crippen molar-refractivity contribution in [1.29, 1.82) is 0 Å². The van der Waals surface area contributed by atoms with E-state index in [4.69, 9.17) is 0 Å². The van der Waals surface area contributed by atoms with Crippen LogP contribution in [0, 0.1) is 0 Å². The van der Waals surface area contributed by atoms with E-state index < -0.39 is 0 Å². The number of fused-ring (bicyclic) bond motifs is 1. The Hall–Kier alpha value is -1.63. The van der Waals surface area contributed by atoms with Crippen LogP contribution in [0.4, 0.5) is 0 Å². The Balaban J connectivity index is 2.64. The van der Waals surface area contributed by atoms with Gasteiger partial charge >= 0.3 is 0 Å². The molecule has 0 N–H and O–H groups in total. The van der Waals surface area contributed by atoms with Gasteiger partial charge in [-0.25, -0.2) is 0 Å². The zero-order valence-corrected chi connectivity index (χ0v) is 13.5. The number of Topliss-reactive ketones (excluding diaryl/α,β-unsaturated/α-hetero) is 1. The van der Waals surface area contributed by atoms with E-state index in [9.17, 15) is 4.79 Å². The second-order valence-electron chi connectivity index (χ2n) is 5.87. The Labute approximate surface area is 128 Å². The molecule has 21 heavy (non-hydrogen) atoms. The number of benzene rings is 2. The van der Waals surface area contributed by atoms with Crippen molar-refractivity contribution in [2.24, 2.45) is 0 Å². The summed E-state index contributed by atoms with van der Waals surface area (Å²) >= 11 is 0. The third-order valence-corrected chi connectivity index (χ3v) is 4.17. The Morgan fingerprint density at radius 1 is 1.00 bits per heavy atom. The van der Waals surface area contributed by atoms with E-state index in [0.717, 1.165) is 44.1 Å². The van der Waals surface area contributed by atoms with Crippen LogP contribution in [0.2, 0.25) is 0 Å². The van der Waals surface area contributed by atoms with Crippen LogP contribution < -0.4 is 0 Å². The van der Waals surface area contributed by atoms with Crippen molar-refractivity contribution in [2.75, 3.05) is 0 Å². The van der Waals surface area contributed by atoms with Crippen LogP contribution in [0.3, 0.4) is 0 Å². The highest BCUT2D eigenvalue weighted by Gasteiger charge is 2.16. The molecule has 0 spiro atoms. The van der Waals surface area contributed by atoms with Crippen molar-refractivity contribution in [2.45, 2.75) is 59.3 Å². The van der Waals surface area contributed by atoms with Gasteiger partial charge in [0.25, 0.3) is 0 Å². The van der Waals surface area contributed by atoms with E-state index in [1.165, 1.54) is 21.9 Å². The molecule has 0 fully saturated rings. The molecule has 0 saturated heterocycles. The van der Waals surface area contributed by atoms with Crippen LogP contribution in [-0.4, -0.2) is 5.78 Å². The van der Waals surface area contributed by atoms with Crippen molar-refractivity contribution in [3.8, 4) is 0 Å². The lowest BCUT2D eigenvalue weighted by Gasteiger charge is -2.16. The third kappa shape index (κ3) is 3.53. The second kappa shape index (κ2) is 7.40. The maximum Gasteiger partial charge on any atom is 0.160 e. The summed E-state index contributed by atoms with van der Waals surface area (Å²) in [6, 6.07) is 10.7. The highest BCUT2D eigenvalue weighted by molar-refractivity contribution is 6.03. The monoisotopic (exact) mass is 282 g/mol. The van der Waals surface area contributed by atoms with Crippen molar-refractivity contribution in [3.63, 3.8) is 0 Å². The van der Waals surface area contributed by atoms with Gasteiger partial charge in [0.15, 0.2) is 5.78 Å². The van der Waals surface area contributed by atoms with E-state index in [1.54, 1.807) is 6.92 Å². The van der Waals surface area contributed by atoms with E-state index in [0.29, 0.717) is 0 Å². The first-order valence-electron chi connectivity index (χ1n) is 8.23. The molecule has 0 bridgehead atoms. The molecular weight excluding hydrogens is 256 g/mol. The van der Waals surface area contributed by atoms with Crippen LogP contribution >= 0.6 is 0 Å². The zero-order chi connectivity index (χ0) is 15.2. The predicted molar refractivity (Wildman–Crippen MR) is 91.2 cm³/mol. The standard InChI is InChI=1S/C20H26O/c1-4-6-10-17-14-16-11-8-9-13-18(16)19(12-7-5-2)20(17)15(3)21/h8-9,11,13-14H,4-7,10,12H2,1-3H3. The molecule has 112 valence electrons. The van der Waals surface area contributed by atoms with Crippen molar-refractivity contribution >= 4 is 16.6 Å². The lowest BCUT2D eigenvalue weighted by molar-refractivity contribution is 0.101. The minimum Gasteiger partial charge on any atom is -0.294 e. The number of aryl methyl sites for hydroxylation is 2. The SMILES string of the molecule is CCCCc1cc2ccccc2c(CCCC)c1C(C)=O. The van der Waals surface area contributed by atoms with Gasteiger partial charge in [-0.2, -0.15) is 0 Å². The van der Waals surface area contributed by atoms with E-state index in [2.05, 4.69) is 44.2 Å². The molecule has 0 aliphatic rings. The highest BCUT2D eigenvalue weighted by Crippen LogP contribution is 2.29. The molecular formula is C20H26O. The fraction of sp³-hybridized carbons (Fsp3) is 0.450. The first-order valence-corrected chi connectivity index (χ1v) is 8.23. The van der Waals surface area contributed by atoms with Gasteiger partial charge in [0.2, 0.25) is 0 Å². The van der Waals surface area contributed by atoms with Crippen LogP contribution in [0.25, 0.3) is 10.8 Å². The Kier molecular flexibility index (Phi) is 5.55. The summed E-state index contributed by atoms with van der Waals surface area (Å²) in [5.41, 5.74) is 3.51. The molecule has 0 unspecified atom stereocenters. The van der Waals surface area contributed by atoms with Gasteiger partial charge in [0.1, 0.15) is 0 Å². The summed E-state index contributed by atoms with van der Waals surface area (Å²) in [6.07, 6.45) is 6.62. The van der Waals surface area contributed by atoms with Crippen LogP contribution in [-0.2, 0) is 12.8 Å². The van der Waals surface area contributed by atoms with Gasteiger partial charge in [0.05, 0.1) is 0 Å². The Morgan fingerprint density at radius 2 is 1.67 bits per heavy atom. The minimum atomic E-state index is 0.220. The number of carbonyl (C=O) groups excluding carboxylic acids is 1. The first kappa shape index (κ1) is 15.8. The molecule has 0 heterocycles. The molecule has 2 aromatic carbocycles. The van der Waals surface area contributed by atoms with Gasteiger partial charge < -0.3 is 0 Å². The average molecular weight is 282 g/mol. The van der Waals surface area contributed by atoms with Crippen LogP contribution in [0.1, 0.15) is 67.9 Å². The summed E-state index contributed by atoms with van der Waals surface area (Å²) in [5.74, 6) is 0.220. The summed E-state index contributed by atoms with van der Waals surface area (Å²) in [5, 5.41) is 2.54. The number of ketones is 1. The van der Waals surface area contributed by atoms with Gasteiger partial charge in [0, 0.05) is 5.56 Å². The number of rotatable bonds is 7. The van der Waals surface area contributed by atoms with Crippen LogP contribution in [0.5, 0.6) is 0 Å². The van der Waals surface area contributed by atoms with Crippen molar-refractivity contribution in [1.82, 2.24) is 0 Å².